The van der Waals surface area contributed by atoms with Gasteiger partial charge in [0, 0.05) is 25.5 Å². The number of aliphatic carboxylic acids is 1. The molecule has 1 aromatic rings. The molecule has 0 aliphatic rings. The summed E-state index contributed by atoms with van der Waals surface area (Å²) < 4.78 is 1.86. The standard InChI is InChI=1S/C9H15N3O2/c13-9(14)3-6-10-4-1-7-12-8-2-5-11-12/h2,5,8,10H,1,3-4,6-7H2,(H,13,14). The summed E-state index contributed by atoms with van der Waals surface area (Å²) in [7, 11) is 0. The van der Waals surface area contributed by atoms with Crippen LogP contribution in [-0.2, 0) is 11.3 Å². The van der Waals surface area contributed by atoms with Gasteiger partial charge in [0.25, 0.3) is 0 Å². The SMILES string of the molecule is O=C(O)CCNCCCn1cccn1. The van der Waals surface area contributed by atoms with Crippen molar-refractivity contribution >= 4 is 5.97 Å². The maximum Gasteiger partial charge on any atom is 0.304 e. The molecule has 0 bridgehead atoms. The molecule has 0 saturated heterocycles. The normalized spacial score (nSPS) is 10.3. The van der Waals surface area contributed by atoms with Gasteiger partial charge in [-0.05, 0) is 19.0 Å². The lowest BCUT2D eigenvalue weighted by Crippen LogP contribution is -2.20. The molecule has 14 heavy (non-hydrogen) atoms. The van der Waals surface area contributed by atoms with Crippen molar-refractivity contribution in [3.8, 4) is 0 Å². The fraction of sp³-hybridized carbons (Fsp3) is 0.556. The van der Waals surface area contributed by atoms with Gasteiger partial charge in [0.15, 0.2) is 0 Å². The van der Waals surface area contributed by atoms with Crippen LogP contribution in [0.5, 0.6) is 0 Å². The molecule has 5 heteroatoms. The van der Waals surface area contributed by atoms with Crippen LogP contribution in [0.15, 0.2) is 18.5 Å². The Morgan fingerprint density at radius 1 is 1.50 bits per heavy atom. The monoisotopic (exact) mass is 197 g/mol. The second-order valence-corrected chi connectivity index (χ2v) is 3.02. The molecule has 0 atom stereocenters. The summed E-state index contributed by atoms with van der Waals surface area (Å²) in [6.07, 6.45) is 4.80. The van der Waals surface area contributed by atoms with Gasteiger partial charge in [-0.1, -0.05) is 0 Å². The summed E-state index contributed by atoms with van der Waals surface area (Å²) in [4.78, 5) is 10.2. The maximum absolute atomic E-state index is 10.2. The van der Waals surface area contributed by atoms with Crippen molar-refractivity contribution < 1.29 is 9.90 Å². The van der Waals surface area contributed by atoms with Crippen molar-refractivity contribution in [2.24, 2.45) is 0 Å². The zero-order valence-corrected chi connectivity index (χ0v) is 8.02. The summed E-state index contributed by atoms with van der Waals surface area (Å²) in [5, 5.41) is 15.5. The molecule has 5 nitrogen and oxygen atoms in total. The van der Waals surface area contributed by atoms with E-state index in [-0.39, 0.29) is 6.42 Å². The average Bonchev–Trinajstić information content (AvgIpc) is 2.63. The highest BCUT2D eigenvalue weighted by molar-refractivity contribution is 5.66. The molecule has 0 amide bonds. The van der Waals surface area contributed by atoms with Crippen LogP contribution < -0.4 is 5.32 Å². The minimum atomic E-state index is -0.760. The zero-order valence-electron chi connectivity index (χ0n) is 8.02. The molecule has 0 saturated carbocycles. The van der Waals surface area contributed by atoms with E-state index in [4.69, 9.17) is 5.11 Å². The van der Waals surface area contributed by atoms with Crippen LogP contribution in [0.3, 0.4) is 0 Å². The molecule has 1 heterocycles. The Morgan fingerprint density at radius 3 is 3.00 bits per heavy atom. The van der Waals surface area contributed by atoms with Crippen molar-refractivity contribution in [1.82, 2.24) is 15.1 Å². The van der Waals surface area contributed by atoms with Crippen molar-refractivity contribution in [3.05, 3.63) is 18.5 Å². The minimum Gasteiger partial charge on any atom is -0.481 e. The van der Waals surface area contributed by atoms with Gasteiger partial charge in [0.05, 0.1) is 6.42 Å². The molecule has 0 radical (unpaired) electrons. The van der Waals surface area contributed by atoms with E-state index in [2.05, 4.69) is 10.4 Å². The molecule has 0 aromatic carbocycles. The van der Waals surface area contributed by atoms with Crippen molar-refractivity contribution in [3.63, 3.8) is 0 Å². The first-order chi connectivity index (χ1) is 6.79. The molecule has 1 aromatic heterocycles. The highest BCUT2D eigenvalue weighted by Gasteiger charge is 1.95. The largest absolute Gasteiger partial charge is 0.481 e. The molecule has 0 unspecified atom stereocenters. The third-order valence-electron chi connectivity index (χ3n) is 1.82. The molecule has 78 valence electrons. The third kappa shape index (κ3) is 4.61. The van der Waals surface area contributed by atoms with Gasteiger partial charge in [-0.2, -0.15) is 5.10 Å². The Morgan fingerprint density at radius 2 is 2.36 bits per heavy atom. The zero-order chi connectivity index (χ0) is 10.2. The number of hydrogen-bond donors (Lipinski definition) is 2. The number of hydrogen-bond acceptors (Lipinski definition) is 3. The van der Waals surface area contributed by atoms with Gasteiger partial charge in [0.2, 0.25) is 0 Å². The predicted octanol–water partition coefficient (Wildman–Crippen LogP) is 0.337. The predicted molar refractivity (Wildman–Crippen MR) is 52.0 cm³/mol. The van der Waals surface area contributed by atoms with Gasteiger partial charge < -0.3 is 10.4 Å². The van der Waals surface area contributed by atoms with Gasteiger partial charge in [-0.25, -0.2) is 0 Å². The molecule has 0 aliphatic carbocycles. The lowest BCUT2D eigenvalue weighted by molar-refractivity contribution is -0.136. The fourth-order valence-corrected chi connectivity index (χ4v) is 1.12. The van der Waals surface area contributed by atoms with E-state index >= 15 is 0 Å². The number of carboxylic acid groups (broad SMARTS) is 1. The van der Waals surface area contributed by atoms with Gasteiger partial charge >= 0.3 is 5.97 Å². The Hall–Kier alpha value is -1.36. The van der Waals surface area contributed by atoms with Crippen LogP contribution in [0.25, 0.3) is 0 Å². The van der Waals surface area contributed by atoms with E-state index in [1.807, 2.05) is 16.9 Å². The van der Waals surface area contributed by atoms with Gasteiger partial charge in [-0.15, -0.1) is 0 Å². The van der Waals surface area contributed by atoms with E-state index < -0.39 is 5.97 Å². The molecule has 0 fully saturated rings. The molecule has 1 rings (SSSR count). The topological polar surface area (TPSA) is 67.2 Å². The van der Waals surface area contributed by atoms with Crippen LogP contribution in [0.4, 0.5) is 0 Å². The maximum atomic E-state index is 10.2. The van der Waals surface area contributed by atoms with Crippen LogP contribution in [-0.4, -0.2) is 33.9 Å². The van der Waals surface area contributed by atoms with E-state index in [0.717, 1.165) is 19.5 Å². The molecule has 0 spiro atoms. The highest BCUT2D eigenvalue weighted by Crippen LogP contribution is 1.87. The van der Waals surface area contributed by atoms with E-state index in [0.29, 0.717) is 6.54 Å². The first-order valence-corrected chi connectivity index (χ1v) is 4.69. The van der Waals surface area contributed by atoms with Crippen LogP contribution in [0.2, 0.25) is 0 Å². The van der Waals surface area contributed by atoms with Crippen molar-refractivity contribution in [1.29, 1.82) is 0 Å². The van der Waals surface area contributed by atoms with Crippen LogP contribution in [0, 0.1) is 0 Å². The van der Waals surface area contributed by atoms with E-state index in [9.17, 15) is 4.79 Å². The number of aryl methyl sites for hydroxylation is 1. The van der Waals surface area contributed by atoms with Crippen molar-refractivity contribution in [2.45, 2.75) is 19.4 Å². The number of rotatable bonds is 7. The highest BCUT2D eigenvalue weighted by atomic mass is 16.4. The van der Waals surface area contributed by atoms with Gasteiger partial charge in [-0.3, -0.25) is 9.48 Å². The summed E-state index contributed by atoms with van der Waals surface area (Å²) in [6, 6.07) is 1.89. The summed E-state index contributed by atoms with van der Waals surface area (Å²) in [5.74, 6) is -0.760. The summed E-state index contributed by atoms with van der Waals surface area (Å²) in [6.45, 7) is 2.23. The van der Waals surface area contributed by atoms with E-state index in [1.54, 1.807) is 6.20 Å². The second kappa shape index (κ2) is 6.15. The number of carbonyl (C=O) groups is 1. The molecule has 2 N–H and O–H groups in total. The lowest BCUT2D eigenvalue weighted by Gasteiger charge is -2.02. The molecule has 0 aliphatic heterocycles. The number of aromatic nitrogens is 2. The lowest BCUT2D eigenvalue weighted by atomic mass is 10.4. The number of nitrogens with one attached hydrogen (secondary N) is 1. The summed E-state index contributed by atoms with van der Waals surface area (Å²) >= 11 is 0. The Kier molecular flexibility index (Phi) is 4.71. The number of nitrogens with zero attached hydrogens (tertiary/aromatic N) is 2. The van der Waals surface area contributed by atoms with Gasteiger partial charge in [0.1, 0.15) is 0 Å². The average molecular weight is 197 g/mol. The van der Waals surface area contributed by atoms with Crippen LogP contribution in [0.1, 0.15) is 12.8 Å². The molecular weight excluding hydrogens is 182 g/mol. The Balaban J connectivity index is 1.92. The van der Waals surface area contributed by atoms with E-state index in [1.165, 1.54) is 0 Å². The minimum absolute atomic E-state index is 0.182. The summed E-state index contributed by atoms with van der Waals surface area (Å²) in [5.41, 5.74) is 0. The number of carboxylic acids is 1. The second-order valence-electron chi connectivity index (χ2n) is 3.02. The quantitative estimate of drug-likeness (QED) is 0.618. The first-order valence-electron chi connectivity index (χ1n) is 4.69. The van der Waals surface area contributed by atoms with Crippen LogP contribution >= 0.6 is 0 Å². The van der Waals surface area contributed by atoms with Crippen molar-refractivity contribution in [2.75, 3.05) is 13.1 Å². The Bertz CT molecular complexity index is 259. The molecular formula is C9H15N3O2. The fourth-order valence-electron chi connectivity index (χ4n) is 1.12. The first kappa shape index (κ1) is 10.7. The smallest absolute Gasteiger partial charge is 0.304 e. The Labute approximate surface area is 82.7 Å². The third-order valence-corrected chi connectivity index (χ3v) is 1.82.